The highest BCUT2D eigenvalue weighted by atomic mass is 79.9. The highest BCUT2D eigenvalue weighted by molar-refractivity contribution is 9.10. The molecule has 1 heterocycles. The molecule has 2 aromatic rings. The van der Waals surface area contributed by atoms with Crippen LogP contribution < -0.4 is 10.6 Å². The van der Waals surface area contributed by atoms with Crippen LogP contribution in [0.4, 0.5) is 11.5 Å². The second-order valence-electron chi connectivity index (χ2n) is 3.89. The van der Waals surface area contributed by atoms with Gasteiger partial charge < -0.3 is 10.6 Å². The zero-order valence-electron chi connectivity index (χ0n) is 10.6. The normalized spacial score (nSPS) is 9.85. The summed E-state index contributed by atoms with van der Waals surface area (Å²) in [5.41, 5.74) is 1.17. The van der Waals surface area contributed by atoms with E-state index in [4.69, 9.17) is 0 Å². The fourth-order valence-corrected chi connectivity index (χ4v) is 1.89. The number of para-hydroxylation sites is 1. The number of amides is 1. The molecule has 0 aliphatic carbocycles. The molecule has 0 spiro atoms. The number of nitrogens with zero attached hydrogens (tertiary/aromatic N) is 2. The van der Waals surface area contributed by atoms with Gasteiger partial charge in [-0.25, -0.2) is 9.97 Å². The lowest BCUT2D eigenvalue weighted by molar-refractivity contribution is 0.0953. The minimum absolute atomic E-state index is 0.262. The SMILES string of the molecule is C=CCNC(=O)c1cc(Nc2ccccc2Br)ncn1. The van der Waals surface area contributed by atoms with Crippen LogP contribution in [0.3, 0.4) is 0 Å². The van der Waals surface area contributed by atoms with E-state index in [2.05, 4.69) is 43.1 Å². The van der Waals surface area contributed by atoms with Gasteiger partial charge in [0, 0.05) is 17.1 Å². The van der Waals surface area contributed by atoms with E-state index in [9.17, 15) is 4.79 Å². The molecule has 1 aromatic heterocycles. The van der Waals surface area contributed by atoms with E-state index in [1.165, 1.54) is 6.33 Å². The summed E-state index contributed by atoms with van der Waals surface area (Å²) in [6.07, 6.45) is 2.96. The zero-order chi connectivity index (χ0) is 14.4. The molecular formula is C14H13BrN4O. The molecule has 6 heteroatoms. The summed E-state index contributed by atoms with van der Waals surface area (Å²) in [6, 6.07) is 9.25. The number of carbonyl (C=O) groups excluding carboxylic acids is 1. The second kappa shape index (κ2) is 6.81. The van der Waals surface area contributed by atoms with Crippen LogP contribution in [-0.2, 0) is 0 Å². The number of hydrogen-bond donors (Lipinski definition) is 2. The van der Waals surface area contributed by atoms with Crippen LogP contribution >= 0.6 is 15.9 Å². The molecule has 0 bridgehead atoms. The molecule has 0 saturated heterocycles. The van der Waals surface area contributed by atoms with Crippen LogP contribution in [0, 0.1) is 0 Å². The molecule has 20 heavy (non-hydrogen) atoms. The van der Waals surface area contributed by atoms with Crippen molar-refractivity contribution in [1.29, 1.82) is 0 Å². The molecular weight excluding hydrogens is 320 g/mol. The molecule has 0 fully saturated rings. The Morgan fingerprint density at radius 3 is 2.90 bits per heavy atom. The number of nitrogens with one attached hydrogen (secondary N) is 2. The first kappa shape index (κ1) is 14.2. The monoisotopic (exact) mass is 332 g/mol. The lowest BCUT2D eigenvalue weighted by Gasteiger charge is -2.08. The molecule has 5 nitrogen and oxygen atoms in total. The number of anilines is 2. The van der Waals surface area contributed by atoms with E-state index in [1.54, 1.807) is 12.1 Å². The van der Waals surface area contributed by atoms with Crippen molar-refractivity contribution in [2.24, 2.45) is 0 Å². The summed E-state index contributed by atoms with van der Waals surface area (Å²) in [5.74, 6) is 0.290. The molecule has 0 atom stereocenters. The summed E-state index contributed by atoms with van der Waals surface area (Å²) in [4.78, 5) is 19.8. The summed E-state index contributed by atoms with van der Waals surface area (Å²) in [5, 5.41) is 5.79. The maximum absolute atomic E-state index is 11.8. The first-order chi connectivity index (χ1) is 9.70. The summed E-state index contributed by atoms with van der Waals surface area (Å²) in [6.45, 7) is 3.94. The van der Waals surface area contributed by atoms with Crippen molar-refractivity contribution in [2.75, 3.05) is 11.9 Å². The first-order valence-electron chi connectivity index (χ1n) is 5.93. The van der Waals surface area contributed by atoms with E-state index >= 15 is 0 Å². The van der Waals surface area contributed by atoms with Crippen LogP contribution in [0.2, 0.25) is 0 Å². The van der Waals surface area contributed by atoms with Gasteiger partial charge in [-0.3, -0.25) is 4.79 Å². The standard InChI is InChI=1S/C14H13BrN4O/c1-2-7-16-14(20)12-8-13(18-9-17-12)19-11-6-4-3-5-10(11)15/h2-6,8-9H,1,7H2,(H,16,20)(H,17,18,19). The van der Waals surface area contributed by atoms with Crippen LogP contribution in [0.25, 0.3) is 0 Å². The summed E-state index contributed by atoms with van der Waals surface area (Å²) in [7, 11) is 0. The van der Waals surface area contributed by atoms with Crippen LogP contribution in [0.15, 0.2) is 53.8 Å². The predicted octanol–water partition coefficient (Wildman–Crippen LogP) is 2.90. The van der Waals surface area contributed by atoms with E-state index in [0.29, 0.717) is 18.1 Å². The number of hydrogen-bond acceptors (Lipinski definition) is 4. The Morgan fingerprint density at radius 1 is 1.35 bits per heavy atom. The van der Waals surface area contributed by atoms with Crippen LogP contribution in [0.5, 0.6) is 0 Å². The molecule has 2 N–H and O–H groups in total. The minimum atomic E-state index is -0.262. The van der Waals surface area contributed by atoms with Crippen molar-refractivity contribution >= 4 is 33.3 Å². The largest absolute Gasteiger partial charge is 0.347 e. The van der Waals surface area contributed by atoms with Crippen LogP contribution in [0.1, 0.15) is 10.5 Å². The van der Waals surface area contributed by atoms with E-state index in [0.717, 1.165) is 10.2 Å². The third-order valence-electron chi connectivity index (χ3n) is 2.44. The number of carbonyl (C=O) groups is 1. The van der Waals surface area contributed by atoms with Gasteiger partial charge in [-0.2, -0.15) is 0 Å². The molecule has 0 aliphatic rings. The van der Waals surface area contributed by atoms with Gasteiger partial charge in [0.05, 0.1) is 5.69 Å². The van der Waals surface area contributed by atoms with Gasteiger partial charge in [-0.05, 0) is 28.1 Å². The Bertz CT molecular complexity index is 630. The Balaban J connectivity index is 2.16. The van der Waals surface area contributed by atoms with Crippen molar-refractivity contribution in [2.45, 2.75) is 0 Å². The second-order valence-corrected chi connectivity index (χ2v) is 4.75. The lowest BCUT2D eigenvalue weighted by Crippen LogP contribution is -2.24. The van der Waals surface area contributed by atoms with Gasteiger partial charge in [-0.15, -0.1) is 6.58 Å². The molecule has 2 rings (SSSR count). The Hall–Kier alpha value is -2.21. The van der Waals surface area contributed by atoms with Crippen LogP contribution in [-0.4, -0.2) is 22.4 Å². The molecule has 0 radical (unpaired) electrons. The zero-order valence-corrected chi connectivity index (χ0v) is 12.2. The van der Waals surface area contributed by atoms with Gasteiger partial charge in [0.1, 0.15) is 17.8 Å². The molecule has 0 aliphatic heterocycles. The van der Waals surface area contributed by atoms with E-state index < -0.39 is 0 Å². The van der Waals surface area contributed by atoms with Crippen molar-refractivity contribution in [3.63, 3.8) is 0 Å². The smallest absolute Gasteiger partial charge is 0.270 e. The van der Waals surface area contributed by atoms with Crippen molar-refractivity contribution in [3.8, 4) is 0 Å². The number of aromatic nitrogens is 2. The fraction of sp³-hybridized carbons (Fsp3) is 0.0714. The third kappa shape index (κ3) is 3.64. The minimum Gasteiger partial charge on any atom is -0.347 e. The van der Waals surface area contributed by atoms with Gasteiger partial charge in [0.25, 0.3) is 5.91 Å². The number of benzene rings is 1. The van der Waals surface area contributed by atoms with Crippen molar-refractivity contribution < 1.29 is 4.79 Å². The Morgan fingerprint density at radius 2 is 2.15 bits per heavy atom. The molecule has 0 saturated carbocycles. The summed E-state index contributed by atoms with van der Waals surface area (Å²) < 4.78 is 0.913. The lowest BCUT2D eigenvalue weighted by atomic mass is 10.3. The van der Waals surface area contributed by atoms with Crippen molar-refractivity contribution in [1.82, 2.24) is 15.3 Å². The van der Waals surface area contributed by atoms with Gasteiger partial charge >= 0.3 is 0 Å². The Labute approximate surface area is 125 Å². The fourth-order valence-electron chi connectivity index (χ4n) is 1.51. The number of halogens is 1. The van der Waals surface area contributed by atoms with E-state index in [1.807, 2.05) is 24.3 Å². The van der Waals surface area contributed by atoms with Crippen molar-refractivity contribution in [3.05, 3.63) is 59.5 Å². The maximum Gasteiger partial charge on any atom is 0.270 e. The average molecular weight is 333 g/mol. The highest BCUT2D eigenvalue weighted by Crippen LogP contribution is 2.24. The topological polar surface area (TPSA) is 66.9 Å². The molecule has 1 aromatic carbocycles. The third-order valence-corrected chi connectivity index (χ3v) is 3.13. The predicted molar refractivity (Wildman–Crippen MR) is 82.0 cm³/mol. The maximum atomic E-state index is 11.8. The first-order valence-corrected chi connectivity index (χ1v) is 6.72. The number of rotatable bonds is 5. The van der Waals surface area contributed by atoms with Gasteiger partial charge in [-0.1, -0.05) is 18.2 Å². The summed E-state index contributed by atoms with van der Waals surface area (Å²) >= 11 is 3.44. The van der Waals surface area contributed by atoms with Gasteiger partial charge in [0.2, 0.25) is 0 Å². The Kier molecular flexibility index (Phi) is 4.84. The molecule has 102 valence electrons. The quantitative estimate of drug-likeness (QED) is 0.826. The van der Waals surface area contributed by atoms with Gasteiger partial charge in [0.15, 0.2) is 0 Å². The molecule has 1 amide bonds. The average Bonchev–Trinajstić information content (AvgIpc) is 2.47. The highest BCUT2D eigenvalue weighted by Gasteiger charge is 2.08. The molecule has 0 unspecified atom stereocenters. The van der Waals surface area contributed by atoms with E-state index in [-0.39, 0.29) is 5.91 Å².